The molecule has 0 spiro atoms. The van der Waals surface area contributed by atoms with Crippen molar-refractivity contribution in [1.29, 1.82) is 5.26 Å². The molecule has 6 nitrogen and oxygen atoms in total. The third kappa shape index (κ3) is 3.09. The largest absolute Gasteiger partial charge is 0.467 e. The first-order valence-corrected chi connectivity index (χ1v) is 7.26. The fraction of sp³-hybridized carbons (Fsp3) is 0.235. The van der Waals surface area contributed by atoms with Gasteiger partial charge in [-0.25, -0.2) is 0 Å². The summed E-state index contributed by atoms with van der Waals surface area (Å²) in [7, 11) is 0. The number of rotatable bonds is 5. The fourth-order valence-electron chi connectivity index (χ4n) is 2.31. The zero-order valence-corrected chi connectivity index (χ0v) is 12.3. The van der Waals surface area contributed by atoms with Crippen molar-refractivity contribution in [3.63, 3.8) is 0 Å². The molecule has 0 unspecified atom stereocenters. The lowest BCUT2D eigenvalue weighted by atomic mass is 10.0. The molecule has 0 saturated heterocycles. The molecule has 1 aromatic carbocycles. The normalized spacial score (nSPS) is 14.6. The Morgan fingerprint density at radius 1 is 1.17 bits per heavy atom. The van der Waals surface area contributed by atoms with Crippen molar-refractivity contribution in [2.75, 3.05) is 5.32 Å². The van der Waals surface area contributed by atoms with Gasteiger partial charge in [0, 0.05) is 5.69 Å². The molecule has 1 aliphatic carbocycles. The van der Waals surface area contributed by atoms with E-state index in [0.29, 0.717) is 29.9 Å². The van der Waals surface area contributed by atoms with Crippen LogP contribution in [-0.4, -0.2) is 11.8 Å². The van der Waals surface area contributed by atoms with Gasteiger partial charge in [0.2, 0.25) is 11.8 Å². The highest BCUT2D eigenvalue weighted by molar-refractivity contribution is 6.13. The number of hydrogen-bond donors (Lipinski definition) is 2. The Morgan fingerprint density at radius 2 is 1.91 bits per heavy atom. The number of hydrogen-bond acceptors (Lipinski definition) is 4. The molecular formula is C17H15N3O3. The predicted octanol–water partition coefficient (Wildman–Crippen LogP) is 2.19. The van der Waals surface area contributed by atoms with Gasteiger partial charge in [-0.3, -0.25) is 9.59 Å². The van der Waals surface area contributed by atoms with Crippen LogP contribution in [0.1, 0.15) is 24.2 Å². The van der Waals surface area contributed by atoms with Crippen LogP contribution in [0.3, 0.4) is 0 Å². The summed E-state index contributed by atoms with van der Waals surface area (Å²) in [5.41, 5.74) is 0.0833. The van der Waals surface area contributed by atoms with Crippen LogP contribution in [-0.2, 0) is 16.1 Å². The van der Waals surface area contributed by atoms with E-state index in [2.05, 4.69) is 10.6 Å². The van der Waals surface area contributed by atoms with Crippen molar-refractivity contribution in [2.45, 2.75) is 19.4 Å². The van der Waals surface area contributed by atoms with E-state index in [-0.39, 0.29) is 18.4 Å². The summed E-state index contributed by atoms with van der Waals surface area (Å²) in [5.74, 6) is 0.0286. The van der Waals surface area contributed by atoms with Crippen molar-refractivity contribution in [1.82, 2.24) is 5.32 Å². The van der Waals surface area contributed by atoms with E-state index >= 15 is 0 Å². The van der Waals surface area contributed by atoms with E-state index in [4.69, 9.17) is 9.68 Å². The molecule has 1 saturated carbocycles. The monoisotopic (exact) mass is 309 g/mol. The van der Waals surface area contributed by atoms with Gasteiger partial charge < -0.3 is 15.1 Å². The molecule has 0 aliphatic heterocycles. The number of nitrogens with one attached hydrogen (secondary N) is 2. The quantitative estimate of drug-likeness (QED) is 0.828. The lowest BCUT2D eigenvalue weighted by Crippen LogP contribution is -2.39. The summed E-state index contributed by atoms with van der Waals surface area (Å²) >= 11 is 0. The molecule has 1 aromatic heterocycles. The molecule has 0 bridgehead atoms. The van der Waals surface area contributed by atoms with Gasteiger partial charge in [0.25, 0.3) is 0 Å². The summed E-state index contributed by atoms with van der Waals surface area (Å²) in [6.07, 6.45) is 2.59. The van der Waals surface area contributed by atoms with Gasteiger partial charge in [-0.2, -0.15) is 5.26 Å². The topological polar surface area (TPSA) is 95.1 Å². The lowest BCUT2D eigenvalue weighted by Gasteiger charge is -2.15. The number of nitrogens with zero attached hydrogens (tertiary/aromatic N) is 1. The number of amides is 2. The Kier molecular flexibility index (Phi) is 3.85. The molecule has 1 heterocycles. The first-order chi connectivity index (χ1) is 11.1. The molecule has 2 N–H and O–H groups in total. The average molecular weight is 309 g/mol. The number of carbonyl (C=O) groups is 2. The highest BCUT2D eigenvalue weighted by Gasteiger charge is 2.56. The Hall–Kier alpha value is -3.07. The third-order valence-electron chi connectivity index (χ3n) is 3.89. The first kappa shape index (κ1) is 14.9. The van der Waals surface area contributed by atoms with Crippen LogP contribution in [0.5, 0.6) is 0 Å². The van der Waals surface area contributed by atoms with Gasteiger partial charge in [-0.05, 0) is 49.2 Å². The molecule has 116 valence electrons. The Balaban J connectivity index is 1.61. The Morgan fingerprint density at radius 3 is 2.48 bits per heavy atom. The molecule has 2 aromatic rings. The highest BCUT2D eigenvalue weighted by Crippen LogP contribution is 2.46. The van der Waals surface area contributed by atoms with Gasteiger partial charge in [0.1, 0.15) is 11.2 Å². The first-order valence-electron chi connectivity index (χ1n) is 7.26. The van der Waals surface area contributed by atoms with Gasteiger partial charge >= 0.3 is 0 Å². The van der Waals surface area contributed by atoms with Gasteiger partial charge in [0.05, 0.1) is 24.4 Å². The molecule has 3 rings (SSSR count). The summed E-state index contributed by atoms with van der Waals surface area (Å²) in [6, 6.07) is 12.0. The third-order valence-corrected chi connectivity index (χ3v) is 3.89. The van der Waals surface area contributed by atoms with Crippen molar-refractivity contribution < 1.29 is 14.0 Å². The minimum Gasteiger partial charge on any atom is -0.467 e. The van der Waals surface area contributed by atoms with Crippen LogP contribution < -0.4 is 10.6 Å². The van der Waals surface area contributed by atoms with E-state index in [1.54, 1.807) is 36.4 Å². The maximum absolute atomic E-state index is 12.4. The summed E-state index contributed by atoms with van der Waals surface area (Å²) < 4.78 is 5.15. The van der Waals surface area contributed by atoms with Crippen molar-refractivity contribution >= 4 is 17.5 Å². The van der Waals surface area contributed by atoms with Crippen molar-refractivity contribution in [3.05, 3.63) is 54.0 Å². The summed E-state index contributed by atoms with van der Waals surface area (Å²) in [5, 5.41) is 14.2. The second-order valence-corrected chi connectivity index (χ2v) is 5.49. The van der Waals surface area contributed by atoms with Crippen LogP contribution in [0.15, 0.2) is 47.1 Å². The van der Waals surface area contributed by atoms with E-state index in [9.17, 15) is 9.59 Å². The molecule has 0 atom stereocenters. The van der Waals surface area contributed by atoms with Crippen LogP contribution >= 0.6 is 0 Å². The maximum atomic E-state index is 12.4. The van der Waals surface area contributed by atoms with E-state index < -0.39 is 5.41 Å². The summed E-state index contributed by atoms with van der Waals surface area (Å²) in [4.78, 5) is 24.7. The number of benzene rings is 1. The van der Waals surface area contributed by atoms with Crippen LogP contribution in [0.25, 0.3) is 0 Å². The fourth-order valence-corrected chi connectivity index (χ4v) is 2.31. The molecule has 0 radical (unpaired) electrons. The molecule has 2 amide bonds. The summed E-state index contributed by atoms with van der Waals surface area (Å²) in [6.45, 7) is 0.262. The molecular weight excluding hydrogens is 294 g/mol. The molecule has 23 heavy (non-hydrogen) atoms. The minimum atomic E-state index is -1.000. The van der Waals surface area contributed by atoms with E-state index in [1.807, 2.05) is 6.07 Å². The lowest BCUT2D eigenvalue weighted by molar-refractivity contribution is -0.134. The second kappa shape index (κ2) is 5.97. The molecule has 1 aliphatic rings. The van der Waals surface area contributed by atoms with E-state index in [0.717, 1.165) is 0 Å². The smallest absolute Gasteiger partial charge is 0.240 e. The highest BCUT2D eigenvalue weighted by atomic mass is 16.3. The zero-order valence-electron chi connectivity index (χ0n) is 12.3. The number of anilines is 1. The standard InChI is InChI=1S/C17H15N3O3/c18-10-12-3-5-13(6-4-12)20-16(22)17(7-8-17)15(21)19-11-14-2-1-9-23-14/h1-6,9H,7-8,11H2,(H,19,21)(H,20,22). The van der Waals surface area contributed by atoms with Crippen molar-refractivity contribution in [2.24, 2.45) is 5.41 Å². The SMILES string of the molecule is N#Cc1ccc(NC(=O)C2(C(=O)NCc3ccco3)CC2)cc1. The Bertz CT molecular complexity index is 753. The Labute approximate surface area is 133 Å². The van der Waals surface area contributed by atoms with Crippen LogP contribution in [0, 0.1) is 16.7 Å². The van der Waals surface area contributed by atoms with Gasteiger partial charge in [0.15, 0.2) is 0 Å². The average Bonchev–Trinajstić information content (AvgIpc) is 3.23. The molecule has 6 heteroatoms. The predicted molar refractivity (Wildman–Crippen MR) is 82.0 cm³/mol. The number of nitriles is 1. The maximum Gasteiger partial charge on any atom is 0.240 e. The van der Waals surface area contributed by atoms with Gasteiger partial charge in [-0.15, -0.1) is 0 Å². The van der Waals surface area contributed by atoms with Gasteiger partial charge in [-0.1, -0.05) is 0 Å². The zero-order chi connectivity index (χ0) is 16.3. The number of carbonyl (C=O) groups excluding carboxylic acids is 2. The van der Waals surface area contributed by atoms with E-state index in [1.165, 1.54) is 6.26 Å². The van der Waals surface area contributed by atoms with Crippen LogP contribution in [0.2, 0.25) is 0 Å². The second-order valence-electron chi connectivity index (χ2n) is 5.49. The minimum absolute atomic E-state index is 0.262. The number of furan rings is 1. The van der Waals surface area contributed by atoms with Crippen LogP contribution in [0.4, 0.5) is 5.69 Å². The molecule has 1 fully saturated rings. The van der Waals surface area contributed by atoms with Crippen molar-refractivity contribution in [3.8, 4) is 6.07 Å².